The quantitative estimate of drug-likeness (QED) is 0.650. The summed E-state index contributed by atoms with van der Waals surface area (Å²) in [6.07, 6.45) is 8.65. The smallest absolute Gasteiger partial charge is 0.0974 e. The standard InChI is InChI=1S/C16H28O2/c1-14(2,3)13-6-9-15(7-4-10-17-15)16(12-13)8-5-11-18-16/h13H,4-12H2,1-3H3/t13-,15+,16-/m0/s1. The Morgan fingerprint density at radius 2 is 1.50 bits per heavy atom. The molecule has 0 unspecified atom stereocenters. The summed E-state index contributed by atoms with van der Waals surface area (Å²) in [6.45, 7) is 9.04. The Bertz CT molecular complexity index is 304. The van der Waals surface area contributed by atoms with Crippen LogP contribution in [0.3, 0.4) is 0 Å². The van der Waals surface area contributed by atoms with E-state index in [0.29, 0.717) is 5.41 Å². The number of ether oxygens (including phenoxy) is 2. The molecule has 0 radical (unpaired) electrons. The van der Waals surface area contributed by atoms with Crippen molar-refractivity contribution < 1.29 is 9.47 Å². The Morgan fingerprint density at radius 3 is 2.00 bits per heavy atom. The molecule has 2 aliphatic heterocycles. The van der Waals surface area contributed by atoms with Crippen LogP contribution in [0.4, 0.5) is 0 Å². The third-order valence-corrected chi connectivity index (χ3v) is 5.73. The van der Waals surface area contributed by atoms with Crippen molar-refractivity contribution in [2.24, 2.45) is 11.3 Å². The van der Waals surface area contributed by atoms with Gasteiger partial charge in [0.15, 0.2) is 0 Å². The van der Waals surface area contributed by atoms with Gasteiger partial charge in [0.2, 0.25) is 0 Å². The zero-order chi connectivity index (χ0) is 12.9. The first-order valence-electron chi connectivity index (χ1n) is 7.75. The fraction of sp³-hybridized carbons (Fsp3) is 1.00. The van der Waals surface area contributed by atoms with Crippen LogP contribution < -0.4 is 0 Å². The van der Waals surface area contributed by atoms with Crippen molar-refractivity contribution in [1.82, 2.24) is 0 Å². The van der Waals surface area contributed by atoms with Gasteiger partial charge in [-0.25, -0.2) is 0 Å². The Balaban J connectivity index is 1.87. The molecule has 3 rings (SSSR count). The predicted molar refractivity (Wildman–Crippen MR) is 72.6 cm³/mol. The molecular formula is C16H28O2. The van der Waals surface area contributed by atoms with Gasteiger partial charge < -0.3 is 9.47 Å². The minimum Gasteiger partial charge on any atom is -0.372 e. The van der Waals surface area contributed by atoms with Gasteiger partial charge in [-0.1, -0.05) is 20.8 Å². The summed E-state index contributed by atoms with van der Waals surface area (Å²) in [5.41, 5.74) is 0.532. The first kappa shape index (κ1) is 12.9. The van der Waals surface area contributed by atoms with E-state index in [0.717, 1.165) is 19.1 Å². The van der Waals surface area contributed by atoms with Gasteiger partial charge in [0.1, 0.15) is 0 Å². The minimum absolute atomic E-state index is 0.0553. The highest BCUT2D eigenvalue weighted by molar-refractivity contribution is 5.11. The number of rotatable bonds is 0. The maximum Gasteiger partial charge on any atom is 0.0974 e. The average molecular weight is 252 g/mol. The molecule has 2 spiro atoms. The molecular weight excluding hydrogens is 224 g/mol. The second-order valence-corrected chi connectivity index (χ2v) is 7.70. The van der Waals surface area contributed by atoms with Gasteiger partial charge in [-0.15, -0.1) is 0 Å². The highest BCUT2D eigenvalue weighted by Crippen LogP contribution is 2.56. The lowest BCUT2D eigenvalue weighted by molar-refractivity contribution is -0.204. The first-order chi connectivity index (χ1) is 8.48. The van der Waals surface area contributed by atoms with Gasteiger partial charge in [-0.05, 0) is 56.3 Å². The van der Waals surface area contributed by atoms with E-state index in [2.05, 4.69) is 20.8 Å². The monoisotopic (exact) mass is 252 g/mol. The van der Waals surface area contributed by atoms with Gasteiger partial charge in [0, 0.05) is 13.2 Å². The highest BCUT2D eigenvalue weighted by atomic mass is 16.6. The molecule has 18 heavy (non-hydrogen) atoms. The van der Waals surface area contributed by atoms with E-state index in [-0.39, 0.29) is 11.2 Å². The van der Waals surface area contributed by atoms with E-state index < -0.39 is 0 Å². The molecule has 2 heteroatoms. The summed E-state index contributed by atoms with van der Waals surface area (Å²) in [7, 11) is 0. The van der Waals surface area contributed by atoms with Crippen molar-refractivity contribution in [3.05, 3.63) is 0 Å². The Kier molecular flexibility index (Phi) is 3.02. The van der Waals surface area contributed by atoms with Crippen LogP contribution in [0.1, 0.15) is 65.7 Å². The fourth-order valence-corrected chi connectivity index (χ4v) is 4.53. The van der Waals surface area contributed by atoms with Crippen LogP contribution in [-0.4, -0.2) is 24.4 Å². The van der Waals surface area contributed by atoms with Crippen molar-refractivity contribution in [1.29, 1.82) is 0 Å². The van der Waals surface area contributed by atoms with Crippen LogP contribution in [-0.2, 0) is 9.47 Å². The van der Waals surface area contributed by atoms with E-state index in [1.807, 2.05) is 0 Å². The zero-order valence-corrected chi connectivity index (χ0v) is 12.3. The number of hydrogen-bond donors (Lipinski definition) is 0. The summed E-state index contributed by atoms with van der Waals surface area (Å²) >= 11 is 0. The molecule has 1 saturated carbocycles. The lowest BCUT2D eigenvalue weighted by Gasteiger charge is -2.53. The van der Waals surface area contributed by atoms with Crippen LogP contribution >= 0.6 is 0 Å². The molecule has 0 aromatic carbocycles. The molecule has 1 aliphatic carbocycles. The highest BCUT2D eigenvalue weighted by Gasteiger charge is 2.60. The SMILES string of the molecule is CC(C)(C)[C@H]1CC[C@]2(CCCO2)[C@]2(CCCO2)C1. The molecule has 0 aromatic heterocycles. The van der Waals surface area contributed by atoms with E-state index >= 15 is 0 Å². The summed E-state index contributed by atoms with van der Waals surface area (Å²) in [5.74, 6) is 0.783. The zero-order valence-electron chi connectivity index (χ0n) is 12.3. The molecule has 2 saturated heterocycles. The van der Waals surface area contributed by atoms with E-state index in [1.54, 1.807) is 0 Å². The summed E-state index contributed by atoms with van der Waals surface area (Å²) in [5, 5.41) is 0. The average Bonchev–Trinajstić information content (AvgIpc) is 2.91. The van der Waals surface area contributed by atoms with Gasteiger partial charge in [-0.3, -0.25) is 0 Å². The van der Waals surface area contributed by atoms with Gasteiger partial charge in [0.05, 0.1) is 11.2 Å². The summed E-state index contributed by atoms with van der Waals surface area (Å²) in [4.78, 5) is 0. The van der Waals surface area contributed by atoms with Crippen molar-refractivity contribution in [3.63, 3.8) is 0 Å². The number of hydrogen-bond acceptors (Lipinski definition) is 2. The van der Waals surface area contributed by atoms with Gasteiger partial charge in [0.25, 0.3) is 0 Å². The lowest BCUT2D eigenvalue weighted by atomic mass is 9.60. The topological polar surface area (TPSA) is 18.5 Å². The molecule has 0 N–H and O–H groups in total. The molecule has 2 heterocycles. The van der Waals surface area contributed by atoms with Crippen LogP contribution in [0.5, 0.6) is 0 Å². The first-order valence-corrected chi connectivity index (χ1v) is 7.75. The fourth-order valence-electron chi connectivity index (χ4n) is 4.53. The normalized spacial score (nSPS) is 45.2. The largest absolute Gasteiger partial charge is 0.372 e. The molecule has 0 aromatic rings. The van der Waals surface area contributed by atoms with E-state index in [9.17, 15) is 0 Å². The molecule has 2 nitrogen and oxygen atoms in total. The molecule has 0 bridgehead atoms. The van der Waals surface area contributed by atoms with E-state index in [4.69, 9.17) is 9.47 Å². The van der Waals surface area contributed by atoms with E-state index in [1.165, 1.54) is 44.9 Å². The third kappa shape index (κ3) is 1.84. The Morgan fingerprint density at radius 1 is 0.889 bits per heavy atom. The van der Waals surface area contributed by atoms with Crippen LogP contribution in [0, 0.1) is 11.3 Å². The second kappa shape index (κ2) is 4.21. The van der Waals surface area contributed by atoms with Crippen molar-refractivity contribution in [2.45, 2.75) is 76.9 Å². The number of fused-ring (bicyclic) bond motifs is 1. The minimum atomic E-state index is 0.0553. The lowest BCUT2D eigenvalue weighted by Crippen LogP contribution is -2.58. The van der Waals surface area contributed by atoms with Crippen molar-refractivity contribution >= 4 is 0 Å². The third-order valence-electron chi connectivity index (χ3n) is 5.73. The molecule has 104 valence electrons. The maximum absolute atomic E-state index is 6.32. The van der Waals surface area contributed by atoms with Crippen molar-refractivity contribution in [3.8, 4) is 0 Å². The molecule has 0 amide bonds. The van der Waals surface area contributed by atoms with Crippen LogP contribution in [0.2, 0.25) is 0 Å². The van der Waals surface area contributed by atoms with Crippen LogP contribution in [0.25, 0.3) is 0 Å². The predicted octanol–water partition coefficient (Wildman–Crippen LogP) is 3.93. The second-order valence-electron chi connectivity index (χ2n) is 7.70. The Hall–Kier alpha value is -0.0800. The molecule has 3 aliphatic rings. The summed E-state index contributed by atoms with van der Waals surface area (Å²) < 4.78 is 12.6. The van der Waals surface area contributed by atoms with Gasteiger partial charge >= 0.3 is 0 Å². The van der Waals surface area contributed by atoms with Crippen molar-refractivity contribution in [2.75, 3.05) is 13.2 Å². The van der Waals surface area contributed by atoms with Gasteiger partial charge in [-0.2, -0.15) is 0 Å². The van der Waals surface area contributed by atoms with Crippen LogP contribution in [0.15, 0.2) is 0 Å². The molecule has 3 atom stereocenters. The summed E-state index contributed by atoms with van der Waals surface area (Å²) in [6, 6.07) is 0. The Labute approximate surface area is 111 Å². The maximum atomic E-state index is 6.32. The molecule has 3 fully saturated rings.